The third-order valence-corrected chi connectivity index (χ3v) is 5.92. The number of carbonyl (C=O) groups excluding carboxylic acids is 2. The number of hydrogen-bond donors (Lipinski definition) is 1. The van der Waals surface area contributed by atoms with Gasteiger partial charge in [0.15, 0.2) is 0 Å². The van der Waals surface area contributed by atoms with Crippen LogP contribution in [0.2, 0.25) is 0 Å². The molecule has 1 aliphatic carbocycles. The molecule has 1 N–H and O–H groups in total. The average Bonchev–Trinajstić information content (AvgIpc) is 2.83. The molecule has 35 heavy (non-hydrogen) atoms. The van der Waals surface area contributed by atoms with Crippen molar-refractivity contribution in [3.63, 3.8) is 0 Å². The van der Waals surface area contributed by atoms with Gasteiger partial charge in [-0.1, -0.05) is 42.5 Å². The van der Waals surface area contributed by atoms with E-state index in [1.807, 2.05) is 87.3 Å². The van der Waals surface area contributed by atoms with Crippen molar-refractivity contribution < 1.29 is 23.8 Å². The van der Waals surface area contributed by atoms with Crippen LogP contribution in [0, 0.1) is 5.92 Å². The first-order chi connectivity index (χ1) is 16.7. The summed E-state index contributed by atoms with van der Waals surface area (Å²) >= 11 is 0. The number of hydrogen-bond acceptors (Lipinski definition) is 6. The van der Waals surface area contributed by atoms with Crippen LogP contribution in [0.3, 0.4) is 0 Å². The molecular formula is C28H38N2O5. The molecule has 2 aromatic carbocycles. The number of amides is 1. The minimum atomic E-state index is -0.588. The van der Waals surface area contributed by atoms with Crippen LogP contribution in [-0.4, -0.2) is 35.3 Å². The second-order valence-corrected chi connectivity index (χ2v) is 9.92. The minimum absolute atomic E-state index is 0.0735. The highest BCUT2D eigenvalue weighted by Gasteiger charge is 2.31. The Morgan fingerprint density at radius 1 is 0.943 bits per heavy atom. The third-order valence-electron chi connectivity index (χ3n) is 5.92. The number of rotatable bonds is 9. The summed E-state index contributed by atoms with van der Waals surface area (Å²) in [6.07, 6.45) is 2.58. The molecule has 190 valence electrons. The van der Waals surface area contributed by atoms with E-state index in [-0.39, 0.29) is 17.9 Å². The van der Waals surface area contributed by atoms with E-state index in [9.17, 15) is 9.59 Å². The van der Waals surface area contributed by atoms with Crippen molar-refractivity contribution in [2.45, 2.75) is 78.2 Å². The Hall–Kier alpha value is -3.06. The van der Waals surface area contributed by atoms with Gasteiger partial charge in [0, 0.05) is 12.6 Å². The van der Waals surface area contributed by atoms with E-state index in [1.54, 1.807) is 0 Å². The quantitative estimate of drug-likeness (QED) is 0.369. The van der Waals surface area contributed by atoms with Gasteiger partial charge in [0.1, 0.15) is 18.0 Å². The summed E-state index contributed by atoms with van der Waals surface area (Å²) in [5.74, 6) is 0.596. The summed E-state index contributed by atoms with van der Waals surface area (Å²) in [5.41, 5.74) is 4.51. The predicted octanol–water partition coefficient (Wildman–Crippen LogP) is 5.63. The molecule has 7 heteroatoms. The Labute approximate surface area is 208 Å². The first-order valence-electron chi connectivity index (χ1n) is 12.4. The van der Waals surface area contributed by atoms with E-state index < -0.39 is 11.7 Å². The van der Waals surface area contributed by atoms with Gasteiger partial charge in [0.25, 0.3) is 0 Å². The minimum Gasteiger partial charge on any atom is -0.489 e. The molecule has 0 atom stereocenters. The number of nitrogens with zero attached hydrogens (tertiary/aromatic N) is 1. The molecule has 0 saturated heterocycles. The molecule has 1 saturated carbocycles. The lowest BCUT2D eigenvalue weighted by molar-refractivity contribution is -0.149. The SMILES string of the molecule is CCOC(=O)C1CCC(N(Cc2ccc(OCc3ccccc3)cc2)NC(=O)OC(C)(C)C)CC1. The molecule has 0 aromatic heterocycles. The highest BCUT2D eigenvalue weighted by molar-refractivity contribution is 5.72. The molecule has 0 spiro atoms. The summed E-state index contributed by atoms with van der Waals surface area (Å²) in [7, 11) is 0. The molecule has 3 rings (SSSR count). The molecule has 0 unspecified atom stereocenters. The van der Waals surface area contributed by atoms with Gasteiger partial charge in [-0.05, 0) is 76.6 Å². The summed E-state index contributed by atoms with van der Waals surface area (Å²) in [6.45, 7) is 8.79. The predicted molar refractivity (Wildman–Crippen MR) is 135 cm³/mol. The van der Waals surface area contributed by atoms with E-state index in [4.69, 9.17) is 14.2 Å². The van der Waals surface area contributed by atoms with E-state index in [0.29, 0.717) is 19.8 Å². The lowest BCUT2D eigenvalue weighted by Gasteiger charge is -2.36. The number of esters is 1. The van der Waals surface area contributed by atoms with Gasteiger partial charge in [0.2, 0.25) is 0 Å². The monoisotopic (exact) mass is 482 g/mol. The first-order valence-corrected chi connectivity index (χ1v) is 12.4. The van der Waals surface area contributed by atoms with Crippen molar-refractivity contribution >= 4 is 12.1 Å². The molecule has 0 aliphatic heterocycles. The van der Waals surface area contributed by atoms with Crippen molar-refractivity contribution in [3.05, 3.63) is 65.7 Å². The van der Waals surface area contributed by atoms with Crippen molar-refractivity contribution in [1.82, 2.24) is 10.4 Å². The Kier molecular flexibility index (Phi) is 9.55. The van der Waals surface area contributed by atoms with Crippen LogP contribution < -0.4 is 10.2 Å². The standard InChI is InChI=1S/C28H38N2O5/c1-5-33-26(31)23-13-15-24(16-14-23)30(29-27(32)35-28(2,3)4)19-21-11-17-25(18-12-21)34-20-22-9-7-6-8-10-22/h6-12,17-18,23-24H,5,13-16,19-20H2,1-4H3,(H,29,32). The maximum atomic E-state index is 12.6. The average molecular weight is 483 g/mol. The topological polar surface area (TPSA) is 77.1 Å². The zero-order valence-electron chi connectivity index (χ0n) is 21.3. The number of hydrazine groups is 1. The van der Waals surface area contributed by atoms with Crippen molar-refractivity contribution in [2.24, 2.45) is 5.92 Å². The van der Waals surface area contributed by atoms with Gasteiger partial charge < -0.3 is 14.2 Å². The summed E-state index contributed by atoms with van der Waals surface area (Å²) in [5, 5.41) is 1.94. The van der Waals surface area contributed by atoms with Gasteiger partial charge in [-0.15, -0.1) is 0 Å². The molecular weight excluding hydrogens is 444 g/mol. The van der Waals surface area contributed by atoms with Crippen molar-refractivity contribution in [2.75, 3.05) is 6.61 Å². The molecule has 1 fully saturated rings. The smallest absolute Gasteiger partial charge is 0.422 e. The van der Waals surface area contributed by atoms with E-state index >= 15 is 0 Å². The highest BCUT2D eigenvalue weighted by atomic mass is 16.6. The van der Waals surface area contributed by atoms with Crippen LogP contribution in [0.25, 0.3) is 0 Å². The Morgan fingerprint density at radius 3 is 2.20 bits per heavy atom. The van der Waals surface area contributed by atoms with Gasteiger partial charge in [-0.25, -0.2) is 9.80 Å². The van der Waals surface area contributed by atoms with Crippen LogP contribution >= 0.6 is 0 Å². The Balaban J connectivity index is 1.62. The van der Waals surface area contributed by atoms with Gasteiger partial charge >= 0.3 is 12.1 Å². The lowest BCUT2D eigenvalue weighted by atomic mass is 9.85. The largest absolute Gasteiger partial charge is 0.489 e. The Bertz CT molecular complexity index is 932. The zero-order valence-corrected chi connectivity index (χ0v) is 21.3. The molecule has 2 aromatic rings. The molecule has 0 heterocycles. The summed E-state index contributed by atoms with van der Waals surface area (Å²) < 4.78 is 16.6. The van der Waals surface area contributed by atoms with Crippen LogP contribution in [0.15, 0.2) is 54.6 Å². The zero-order chi connectivity index (χ0) is 25.3. The van der Waals surface area contributed by atoms with Crippen molar-refractivity contribution in [3.8, 4) is 5.75 Å². The molecule has 0 radical (unpaired) electrons. The van der Waals surface area contributed by atoms with Crippen molar-refractivity contribution in [1.29, 1.82) is 0 Å². The fraction of sp³-hybridized carbons (Fsp3) is 0.500. The van der Waals surface area contributed by atoms with Gasteiger partial charge in [-0.3, -0.25) is 10.2 Å². The highest BCUT2D eigenvalue weighted by Crippen LogP contribution is 2.29. The fourth-order valence-electron chi connectivity index (χ4n) is 4.19. The third kappa shape index (κ3) is 8.91. The molecule has 0 bridgehead atoms. The number of ether oxygens (including phenoxy) is 3. The fourth-order valence-corrected chi connectivity index (χ4v) is 4.19. The summed E-state index contributed by atoms with van der Waals surface area (Å²) in [4.78, 5) is 24.7. The normalized spacial score (nSPS) is 18.1. The molecule has 1 amide bonds. The second-order valence-electron chi connectivity index (χ2n) is 9.92. The maximum Gasteiger partial charge on any atom is 0.422 e. The molecule has 7 nitrogen and oxygen atoms in total. The van der Waals surface area contributed by atoms with Gasteiger partial charge in [0.05, 0.1) is 12.5 Å². The second kappa shape index (κ2) is 12.6. The van der Waals surface area contributed by atoms with E-state index in [1.165, 1.54) is 0 Å². The van der Waals surface area contributed by atoms with E-state index in [2.05, 4.69) is 5.43 Å². The molecule has 1 aliphatic rings. The Morgan fingerprint density at radius 2 is 1.60 bits per heavy atom. The lowest BCUT2D eigenvalue weighted by Crippen LogP contribution is -2.50. The number of carbonyl (C=O) groups is 2. The van der Waals surface area contributed by atoms with Gasteiger partial charge in [-0.2, -0.15) is 0 Å². The van der Waals surface area contributed by atoms with Crippen LogP contribution in [0.5, 0.6) is 5.75 Å². The van der Waals surface area contributed by atoms with E-state index in [0.717, 1.165) is 42.6 Å². The number of nitrogens with one attached hydrogen (secondary N) is 1. The number of benzene rings is 2. The van der Waals surface area contributed by atoms with Crippen LogP contribution in [0.4, 0.5) is 4.79 Å². The van der Waals surface area contributed by atoms with Crippen LogP contribution in [0.1, 0.15) is 64.5 Å². The maximum absolute atomic E-state index is 12.6. The first kappa shape index (κ1) is 26.5. The summed E-state index contributed by atoms with van der Waals surface area (Å²) in [6, 6.07) is 18.0. The van der Waals surface area contributed by atoms with Crippen LogP contribution in [-0.2, 0) is 27.4 Å².